The quantitative estimate of drug-likeness (QED) is 0.257. The average Bonchev–Trinajstić information content (AvgIpc) is 3.56. The molecule has 0 fully saturated rings. The van der Waals surface area contributed by atoms with Gasteiger partial charge in [-0.25, -0.2) is 4.98 Å². The van der Waals surface area contributed by atoms with E-state index in [9.17, 15) is 0 Å². The van der Waals surface area contributed by atoms with Gasteiger partial charge in [-0.2, -0.15) is 0 Å². The summed E-state index contributed by atoms with van der Waals surface area (Å²) in [4.78, 5) is 6.50. The van der Waals surface area contributed by atoms with E-state index in [1.807, 2.05) is 23.7 Å². The molecule has 0 saturated carbocycles. The highest BCUT2D eigenvalue weighted by atomic mass is 32.1. The zero-order valence-corrected chi connectivity index (χ0v) is 20.0. The Morgan fingerprint density at radius 1 is 0.571 bits per heavy atom. The second-order valence-electron chi connectivity index (χ2n) is 8.46. The maximum absolute atomic E-state index is 4.14. The second-order valence-corrected chi connectivity index (χ2v) is 9.35. The third kappa shape index (κ3) is 4.23. The van der Waals surface area contributed by atoms with Crippen molar-refractivity contribution < 1.29 is 0 Å². The average molecular weight is 469 g/mol. The SMILES string of the molecule is c1ccc(N(c2ccccc2)c2cccc3c2Cc2ccccc2-3)cc1.c1ccc2scnc2c1. The molecule has 5 aromatic carbocycles. The van der Waals surface area contributed by atoms with Crippen molar-refractivity contribution in [3.8, 4) is 11.1 Å². The molecular formula is C32H24N2S. The lowest BCUT2D eigenvalue weighted by Crippen LogP contribution is -2.11. The summed E-state index contributed by atoms with van der Waals surface area (Å²) in [6, 6.07) is 44.8. The zero-order valence-electron chi connectivity index (χ0n) is 19.2. The first-order chi connectivity index (χ1) is 17.4. The van der Waals surface area contributed by atoms with Crippen molar-refractivity contribution in [1.82, 2.24) is 4.98 Å². The molecule has 1 aliphatic rings. The van der Waals surface area contributed by atoms with E-state index < -0.39 is 0 Å². The van der Waals surface area contributed by atoms with Gasteiger partial charge in [-0.15, -0.1) is 11.3 Å². The van der Waals surface area contributed by atoms with Crippen molar-refractivity contribution in [3.63, 3.8) is 0 Å². The molecule has 0 spiro atoms. The number of para-hydroxylation sites is 3. The Kier molecular flexibility index (Phi) is 5.83. The van der Waals surface area contributed by atoms with Crippen molar-refractivity contribution in [1.29, 1.82) is 0 Å². The van der Waals surface area contributed by atoms with Crippen LogP contribution in [0.25, 0.3) is 21.3 Å². The highest BCUT2D eigenvalue weighted by Gasteiger charge is 2.24. The number of fused-ring (bicyclic) bond motifs is 4. The first kappa shape index (κ1) is 21.3. The molecule has 0 N–H and O–H groups in total. The highest BCUT2D eigenvalue weighted by Crippen LogP contribution is 2.45. The molecule has 1 heterocycles. The van der Waals surface area contributed by atoms with Gasteiger partial charge >= 0.3 is 0 Å². The maximum Gasteiger partial charge on any atom is 0.0812 e. The van der Waals surface area contributed by atoms with Gasteiger partial charge in [0.1, 0.15) is 0 Å². The molecule has 6 aromatic rings. The lowest BCUT2D eigenvalue weighted by atomic mass is 10.0. The van der Waals surface area contributed by atoms with E-state index in [2.05, 4.69) is 119 Å². The predicted molar refractivity (Wildman–Crippen MR) is 149 cm³/mol. The van der Waals surface area contributed by atoms with Crippen LogP contribution in [0.5, 0.6) is 0 Å². The molecule has 0 amide bonds. The number of hydrogen-bond donors (Lipinski definition) is 0. The van der Waals surface area contributed by atoms with Gasteiger partial charge in [0.05, 0.1) is 21.4 Å². The van der Waals surface area contributed by atoms with Crippen LogP contribution in [0.15, 0.2) is 133 Å². The third-order valence-corrected chi connectivity index (χ3v) is 7.14. The van der Waals surface area contributed by atoms with E-state index in [-0.39, 0.29) is 0 Å². The first-order valence-corrected chi connectivity index (χ1v) is 12.6. The number of anilines is 3. The van der Waals surface area contributed by atoms with Crippen LogP contribution < -0.4 is 4.90 Å². The van der Waals surface area contributed by atoms with Crippen molar-refractivity contribution >= 4 is 38.6 Å². The van der Waals surface area contributed by atoms with E-state index >= 15 is 0 Å². The Labute approximate surface area is 209 Å². The maximum atomic E-state index is 4.14. The number of rotatable bonds is 3. The number of hydrogen-bond acceptors (Lipinski definition) is 3. The van der Waals surface area contributed by atoms with Crippen LogP contribution in [-0.2, 0) is 6.42 Å². The van der Waals surface area contributed by atoms with Gasteiger partial charge in [0, 0.05) is 17.8 Å². The van der Waals surface area contributed by atoms with Crippen LogP contribution in [0, 0.1) is 0 Å². The van der Waals surface area contributed by atoms with Gasteiger partial charge in [0.15, 0.2) is 0 Å². The van der Waals surface area contributed by atoms with Crippen LogP contribution in [0.2, 0.25) is 0 Å². The van der Waals surface area contributed by atoms with E-state index in [1.165, 1.54) is 44.0 Å². The molecule has 2 nitrogen and oxygen atoms in total. The van der Waals surface area contributed by atoms with E-state index in [0.29, 0.717) is 0 Å². The lowest BCUT2D eigenvalue weighted by Gasteiger charge is -2.27. The Hall–Kier alpha value is -4.21. The van der Waals surface area contributed by atoms with Crippen molar-refractivity contribution in [2.24, 2.45) is 0 Å². The summed E-state index contributed by atoms with van der Waals surface area (Å²) in [6.07, 6.45) is 0.984. The standard InChI is InChI=1S/C25H19N.C7H5NS/c1-3-11-20(12-4-1)26(21-13-5-2-6-14-21)25-17-9-16-23-22-15-8-7-10-19(22)18-24(23)25;1-2-4-7-6(3-1)8-5-9-7/h1-17H,18H2;1-5H. The molecule has 3 heteroatoms. The second kappa shape index (κ2) is 9.57. The Balaban J connectivity index is 0.000000212. The Morgan fingerprint density at radius 2 is 1.20 bits per heavy atom. The monoisotopic (exact) mass is 468 g/mol. The Morgan fingerprint density at radius 3 is 1.94 bits per heavy atom. The Bertz CT molecular complexity index is 1500. The summed E-state index contributed by atoms with van der Waals surface area (Å²) in [5.74, 6) is 0. The molecule has 1 aliphatic carbocycles. The van der Waals surface area contributed by atoms with Gasteiger partial charge in [-0.3, -0.25) is 0 Å². The van der Waals surface area contributed by atoms with E-state index in [1.54, 1.807) is 11.3 Å². The fraction of sp³-hybridized carbons (Fsp3) is 0.0312. The molecular weight excluding hydrogens is 444 g/mol. The topological polar surface area (TPSA) is 16.1 Å². The predicted octanol–water partition coefficient (Wildman–Crippen LogP) is 9.02. The lowest BCUT2D eigenvalue weighted by molar-refractivity contribution is 1.20. The summed E-state index contributed by atoms with van der Waals surface area (Å²) in [5, 5.41) is 0. The minimum absolute atomic E-state index is 0.984. The van der Waals surface area contributed by atoms with Gasteiger partial charge in [-0.05, 0) is 64.7 Å². The normalized spacial score (nSPS) is 11.3. The van der Waals surface area contributed by atoms with E-state index in [4.69, 9.17) is 0 Å². The highest BCUT2D eigenvalue weighted by molar-refractivity contribution is 7.16. The van der Waals surface area contributed by atoms with Crippen LogP contribution in [0.3, 0.4) is 0 Å². The summed E-state index contributed by atoms with van der Waals surface area (Å²) in [6.45, 7) is 0. The smallest absolute Gasteiger partial charge is 0.0812 e. The summed E-state index contributed by atoms with van der Waals surface area (Å²) >= 11 is 1.68. The van der Waals surface area contributed by atoms with Crippen molar-refractivity contribution in [3.05, 3.63) is 144 Å². The summed E-state index contributed by atoms with van der Waals surface area (Å²) in [7, 11) is 0. The number of nitrogens with zero attached hydrogens (tertiary/aromatic N) is 2. The van der Waals surface area contributed by atoms with Gasteiger partial charge in [0.2, 0.25) is 0 Å². The van der Waals surface area contributed by atoms with Crippen LogP contribution in [-0.4, -0.2) is 4.98 Å². The number of aromatic nitrogens is 1. The largest absolute Gasteiger partial charge is 0.310 e. The van der Waals surface area contributed by atoms with E-state index in [0.717, 1.165) is 11.9 Å². The summed E-state index contributed by atoms with van der Waals surface area (Å²) < 4.78 is 1.26. The van der Waals surface area contributed by atoms with Crippen LogP contribution in [0.4, 0.5) is 17.1 Å². The molecule has 35 heavy (non-hydrogen) atoms. The molecule has 0 radical (unpaired) electrons. The van der Waals surface area contributed by atoms with Crippen LogP contribution in [0.1, 0.15) is 11.1 Å². The third-order valence-electron chi connectivity index (χ3n) is 6.33. The molecule has 7 rings (SSSR count). The van der Waals surface area contributed by atoms with Gasteiger partial charge in [0.25, 0.3) is 0 Å². The fourth-order valence-corrected chi connectivity index (χ4v) is 5.41. The van der Waals surface area contributed by atoms with Gasteiger partial charge < -0.3 is 4.90 Å². The molecule has 168 valence electrons. The number of benzene rings is 5. The molecule has 0 aliphatic heterocycles. The molecule has 0 unspecified atom stereocenters. The zero-order chi connectivity index (χ0) is 23.5. The number of thiazole rings is 1. The van der Waals surface area contributed by atoms with Gasteiger partial charge in [-0.1, -0.05) is 84.9 Å². The van der Waals surface area contributed by atoms with Crippen molar-refractivity contribution in [2.75, 3.05) is 4.90 Å². The summed E-state index contributed by atoms with van der Waals surface area (Å²) in [5.41, 5.74) is 12.1. The molecule has 0 saturated heterocycles. The molecule has 0 atom stereocenters. The molecule has 1 aromatic heterocycles. The minimum atomic E-state index is 0.984. The minimum Gasteiger partial charge on any atom is -0.310 e. The molecule has 0 bridgehead atoms. The van der Waals surface area contributed by atoms with Crippen LogP contribution >= 0.6 is 11.3 Å². The van der Waals surface area contributed by atoms with Crippen molar-refractivity contribution in [2.45, 2.75) is 6.42 Å². The first-order valence-electron chi connectivity index (χ1n) is 11.8. The fourth-order valence-electron chi connectivity index (χ4n) is 4.73.